The van der Waals surface area contributed by atoms with Gasteiger partial charge in [0.1, 0.15) is 5.52 Å². The maximum atomic E-state index is 4.73. The van der Waals surface area contributed by atoms with Crippen LogP contribution in [0.3, 0.4) is 0 Å². The van der Waals surface area contributed by atoms with E-state index in [1.807, 2.05) is 36.4 Å². The molecule has 0 bridgehead atoms. The molecular formula is C16H17N3. The lowest BCUT2D eigenvalue weighted by Crippen LogP contribution is -2.02. The number of fused-ring (bicyclic) bond motifs is 2. The Hall–Kier alpha value is -2.16. The summed E-state index contributed by atoms with van der Waals surface area (Å²) < 4.78 is 0. The van der Waals surface area contributed by atoms with Crippen LogP contribution in [-0.4, -0.2) is 16.5 Å². The summed E-state index contributed by atoms with van der Waals surface area (Å²) in [6.45, 7) is 3.17. The van der Waals surface area contributed by atoms with Crippen LogP contribution in [0.1, 0.15) is 19.8 Å². The fourth-order valence-electron chi connectivity index (χ4n) is 2.18. The highest BCUT2D eigenvalue weighted by Gasteiger charge is 2.05. The lowest BCUT2D eigenvalue weighted by Gasteiger charge is -2.09. The van der Waals surface area contributed by atoms with Crippen LogP contribution < -0.4 is 5.32 Å². The molecule has 1 heterocycles. The molecule has 3 rings (SSSR count). The zero-order chi connectivity index (χ0) is 13.1. The standard InChI is InChI=1S/C16H17N3/c1-2-3-11-17-14-9-6-10-15-16(14)19-13-8-5-4-7-12(13)18-15/h4-10,17H,2-3,11H2,1H3. The first-order valence-electron chi connectivity index (χ1n) is 6.78. The first kappa shape index (κ1) is 11.9. The fraction of sp³-hybridized carbons (Fsp3) is 0.250. The molecule has 1 aromatic heterocycles. The number of aromatic nitrogens is 2. The lowest BCUT2D eigenvalue weighted by molar-refractivity contribution is 0.835. The summed E-state index contributed by atoms with van der Waals surface area (Å²) in [5, 5.41) is 3.45. The van der Waals surface area contributed by atoms with Crippen LogP contribution in [0, 0.1) is 0 Å². The molecule has 3 aromatic rings. The Bertz CT molecular complexity index is 707. The highest BCUT2D eigenvalue weighted by Crippen LogP contribution is 2.22. The predicted octanol–water partition coefficient (Wildman–Crippen LogP) is 4.00. The van der Waals surface area contributed by atoms with Crippen LogP contribution in [-0.2, 0) is 0 Å². The van der Waals surface area contributed by atoms with E-state index in [9.17, 15) is 0 Å². The monoisotopic (exact) mass is 251 g/mol. The molecule has 0 unspecified atom stereocenters. The quantitative estimate of drug-likeness (QED) is 0.562. The van der Waals surface area contributed by atoms with Crippen molar-refractivity contribution in [2.24, 2.45) is 0 Å². The predicted molar refractivity (Wildman–Crippen MR) is 80.4 cm³/mol. The normalized spacial score (nSPS) is 11.0. The molecule has 0 fully saturated rings. The summed E-state index contributed by atoms with van der Waals surface area (Å²) in [6, 6.07) is 14.1. The molecule has 0 aliphatic rings. The number of anilines is 1. The van der Waals surface area contributed by atoms with Crippen molar-refractivity contribution in [3.8, 4) is 0 Å². The number of nitrogens with one attached hydrogen (secondary N) is 1. The van der Waals surface area contributed by atoms with E-state index in [0.717, 1.165) is 40.7 Å². The third-order valence-corrected chi connectivity index (χ3v) is 3.22. The molecule has 19 heavy (non-hydrogen) atoms. The first-order chi connectivity index (χ1) is 9.38. The maximum absolute atomic E-state index is 4.73. The lowest BCUT2D eigenvalue weighted by atomic mass is 10.2. The Balaban J connectivity index is 2.09. The van der Waals surface area contributed by atoms with E-state index in [0.29, 0.717) is 0 Å². The van der Waals surface area contributed by atoms with Crippen molar-refractivity contribution in [1.82, 2.24) is 9.97 Å². The zero-order valence-electron chi connectivity index (χ0n) is 11.1. The minimum Gasteiger partial charge on any atom is -0.383 e. The van der Waals surface area contributed by atoms with Gasteiger partial charge in [0.15, 0.2) is 0 Å². The van der Waals surface area contributed by atoms with Gasteiger partial charge in [0, 0.05) is 6.54 Å². The second-order valence-corrected chi connectivity index (χ2v) is 4.67. The first-order valence-corrected chi connectivity index (χ1v) is 6.78. The zero-order valence-corrected chi connectivity index (χ0v) is 11.1. The number of benzene rings is 2. The molecular weight excluding hydrogens is 234 g/mol. The Labute approximate surface area is 112 Å². The molecule has 0 saturated heterocycles. The van der Waals surface area contributed by atoms with Crippen LogP contribution in [0.5, 0.6) is 0 Å². The van der Waals surface area contributed by atoms with Crippen LogP contribution in [0.4, 0.5) is 5.69 Å². The molecule has 3 heteroatoms. The largest absolute Gasteiger partial charge is 0.383 e. The second kappa shape index (κ2) is 5.22. The van der Waals surface area contributed by atoms with Crippen LogP contribution in [0.15, 0.2) is 42.5 Å². The number of para-hydroxylation sites is 3. The topological polar surface area (TPSA) is 37.8 Å². The van der Waals surface area contributed by atoms with Gasteiger partial charge in [-0.15, -0.1) is 0 Å². The van der Waals surface area contributed by atoms with Crippen molar-refractivity contribution >= 4 is 27.8 Å². The number of unbranched alkanes of at least 4 members (excludes halogenated alkanes) is 1. The number of nitrogens with zero attached hydrogens (tertiary/aromatic N) is 2. The summed E-state index contributed by atoms with van der Waals surface area (Å²) in [7, 11) is 0. The SMILES string of the molecule is CCCCNc1cccc2nc3ccccc3nc12. The van der Waals surface area contributed by atoms with Gasteiger partial charge in [0.05, 0.1) is 22.2 Å². The van der Waals surface area contributed by atoms with Crippen molar-refractivity contribution < 1.29 is 0 Å². The maximum Gasteiger partial charge on any atom is 0.113 e. The van der Waals surface area contributed by atoms with Gasteiger partial charge in [-0.05, 0) is 30.7 Å². The smallest absolute Gasteiger partial charge is 0.113 e. The molecule has 1 N–H and O–H groups in total. The number of hydrogen-bond acceptors (Lipinski definition) is 3. The van der Waals surface area contributed by atoms with E-state index in [1.54, 1.807) is 0 Å². The van der Waals surface area contributed by atoms with E-state index in [1.165, 1.54) is 6.42 Å². The van der Waals surface area contributed by atoms with E-state index in [4.69, 9.17) is 4.98 Å². The van der Waals surface area contributed by atoms with Gasteiger partial charge >= 0.3 is 0 Å². The summed E-state index contributed by atoms with van der Waals surface area (Å²) in [5.41, 5.74) is 4.86. The minimum absolute atomic E-state index is 0.944. The summed E-state index contributed by atoms with van der Waals surface area (Å²) in [6.07, 6.45) is 2.35. The Morgan fingerprint density at radius 3 is 2.42 bits per heavy atom. The second-order valence-electron chi connectivity index (χ2n) is 4.67. The van der Waals surface area contributed by atoms with Crippen molar-refractivity contribution in [3.05, 3.63) is 42.5 Å². The molecule has 96 valence electrons. The average molecular weight is 251 g/mol. The molecule has 0 atom stereocenters. The van der Waals surface area contributed by atoms with Gasteiger partial charge in [-0.1, -0.05) is 31.5 Å². The molecule has 0 amide bonds. The van der Waals surface area contributed by atoms with Gasteiger partial charge in [-0.25, -0.2) is 9.97 Å². The molecule has 0 saturated carbocycles. The molecule has 0 aliphatic carbocycles. The Morgan fingerprint density at radius 2 is 1.63 bits per heavy atom. The highest BCUT2D eigenvalue weighted by molar-refractivity contribution is 5.93. The van der Waals surface area contributed by atoms with E-state index < -0.39 is 0 Å². The fourth-order valence-corrected chi connectivity index (χ4v) is 2.18. The van der Waals surface area contributed by atoms with Gasteiger partial charge in [0.2, 0.25) is 0 Å². The third kappa shape index (κ3) is 2.36. The molecule has 3 nitrogen and oxygen atoms in total. The van der Waals surface area contributed by atoms with E-state index in [-0.39, 0.29) is 0 Å². The van der Waals surface area contributed by atoms with Crippen molar-refractivity contribution in [1.29, 1.82) is 0 Å². The summed E-state index contributed by atoms with van der Waals surface area (Å²) in [5.74, 6) is 0. The van der Waals surface area contributed by atoms with Crippen LogP contribution in [0.25, 0.3) is 22.1 Å². The van der Waals surface area contributed by atoms with Crippen molar-refractivity contribution in [3.63, 3.8) is 0 Å². The molecule has 0 radical (unpaired) electrons. The van der Waals surface area contributed by atoms with Crippen molar-refractivity contribution in [2.45, 2.75) is 19.8 Å². The van der Waals surface area contributed by atoms with Crippen molar-refractivity contribution in [2.75, 3.05) is 11.9 Å². The minimum atomic E-state index is 0.944. The summed E-state index contributed by atoms with van der Waals surface area (Å²) in [4.78, 5) is 9.40. The molecule has 2 aromatic carbocycles. The van der Waals surface area contributed by atoms with Crippen LogP contribution in [0.2, 0.25) is 0 Å². The third-order valence-electron chi connectivity index (χ3n) is 3.22. The average Bonchev–Trinajstić information content (AvgIpc) is 2.46. The number of rotatable bonds is 4. The summed E-state index contributed by atoms with van der Waals surface area (Å²) >= 11 is 0. The van der Waals surface area contributed by atoms with E-state index in [2.05, 4.69) is 23.3 Å². The Kier molecular flexibility index (Phi) is 3.27. The van der Waals surface area contributed by atoms with Gasteiger partial charge in [-0.2, -0.15) is 0 Å². The van der Waals surface area contributed by atoms with Gasteiger partial charge in [-0.3, -0.25) is 0 Å². The Morgan fingerprint density at radius 1 is 0.895 bits per heavy atom. The molecule has 0 aliphatic heterocycles. The molecule has 0 spiro atoms. The van der Waals surface area contributed by atoms with Gasteiger partial charge in [0.25, 0.3) is 0 Å². The van der Waals surface area contributed by atoms with E-state index >= 15 is 0 Å². The van der Waals surface area contributed by atoms with Gasteiger partial charge < -0.3 is 5.32 Å². The highest BCUT2D eigenvalue weighted by atomic mass is 14.9. The number of hydrogen-bond donors (Lipinski definition) is 1. The van der Waals surface area contributed by atoms with Crippen LogP contribution >= 0.6 is 0 Å².